The molecule has 0 aliphatic heterocycles. The Labute approximate surface area is 122 Å². The van der Waals surface area contributed by atoms with E-state index in [1.54, 1.807) is 11.3 Å². The number of aliphatic carboxylic acids is 1. The highest BCUT2D eigenvalue weighted by Gasteiger charge is 2.12. The van der Waals surface area contributed by atoms with E-state index in [-0.39, 0.29) is 6.42 Å². The summed E-state index contributed by atoms with van der Waals surface area (Å²) in [6, 6.07) is 6.75. The second kappa shape index (κ2) is 5.75. The summed E-state index contributed by atoms with van der Waals surface area (Å²) in [4.78, 5) is 15.1. The summed E-state index contributed by atoms with van der Waals surface area (Å²) in [5.74, 6) is -0.766. The van der Waals surface area contributed by atoms with Crippen LogP contribution in [0.1, 0.15) is 40.2 Å². The molecule has 3 nitrogen and oxygen atoms in total. The fourth-order valence-corrected chi connectivity index (χ4v) is 3.55. The van der Waals surface area contributed by atoms with Crippen molar-refractivity contribution in [3.63, 3.8) is 0 Å². The summed E-state index contributed by atoms with van der Waals surface area (Å²) in [5.41, 5.74) is 5.19. The third-order valence-corrected chi connectivity index (χ3v) is 4.61. The maximum atomic E-state index is 10.6. The Morgan fingerprint density at radius 2 is 2.15 bits per heavy atom. The van der Waals surface area contributed by atoms with Crippen LogP contribution in [0.4, 0.5) is 0 Å². The smallest absolute Gasteiger partial charge is 0.303 e. The van der Waals surface area contributed by atoms with E-state index in [0.29, 0.717) is 6.42 Å². The van der Waals surface area contributed by atoms with Gasteiger partial charge in [0.2, 0.25) is 0 Å². The summed E-state index contributed by atoms with van der Waals surface area (Å²) < 4.78 is 0. The first-order chi connectivity index (χ1) is 9.70. The topological polar surface area (TPSA) is 50.2 Å². The average Bonchev–Trinajstić information content (AvgIpc) is 3.04. The highest BCUT2D eigenvalue weighted by Crippen LogP contribution is 2.24. The molecular weight excluding hydrogens is 270 g/mol. The van der Waals surface area contributed by atoms with Crippen LogP contribution in [0.15, 0.2) is 23.6 Å². The van der Waals surface area contributed by atoms with Crippen molar-refractivity contribution in [3.05, 3.63) is 51.0 Å². The molecule has 1 N–H and O–H groups in total. The fraction of sp³-hybridized carbons (Fsp3) is 0.375. The number of aromatic nitrogens is 1. The number of carboxylic acids is 1. The zero-order valence-corrected chi connectivity index (χ0v) is 12.1. The normalized spacial score (nSPS) is 13.4. The van der Waals surface area contributed by atoms with Gasteiger partial charge in [0.05, 0.1) is 17.1 Å². The Kier molecular flexibility index (Phi) is 3.83. The van der Waals surface area contributed by atoms with Crippen LogP contribution in [0.3, 0.4) is 0 Å². The predicted octanol–water partition coefficient (Wildman–Crippen LogP) is 3.24. The first-order valence-corrected chi connectivity index (χ1v) is 7.84. The van der Waals surface area contributed by atoms with Crippen LogP contribution in [-0.4, -0.2) is 16.1 Å². The number of benzene rings is 1. The van der Waals surface area contributed by atoms with Gasteiger partial charge in [0.1, 0.15) is 0 Å². The van der Waals surface area contributed by atoms with Gasteiger partial charge < -0.3 is 5.11 Å². The highest BCUT2D eigenvalue weighted by atomic mass is 32.1. The third kappa shape index (κ3) is 3.07. The number of fused-ring (bicyclic) bond motifs is 1. The van der Waals surface area contributed by atoms with E-state index in [9.17, 15) is 4.79 Å². The SMILES string of the molecule is O=C(O)CCc1csc(Cc2ccc3c(c2)CCC3)n1. The number of thiazole rings is 1. The lowest BCUT2D eigenvalue weighted by Gasteiger charge is -2.03. The molecule has 1 heterocycles. The molecule has 4 heteroatoms. The van der Waals surface area contributed by atoms with Gasteiger partial charge in [-0.25, -0.2) is 4.98 Å². The van der Waals surface area contributed by atoms with Crippen molar-refractivity contribution in [2.75, 3.05) is 0 Å². The van der Waals surface area contributed by atoms with Gasteiger partial charge >= 0.3 is 5.97 Å². The molecule has 104 valence electrons. The van der Waals surface area contributed by atoms with Crippen molar-refractivity contribution in [1.29, 1.82) is 0 Å². The van der Waals surface area contributed by atoms with Gasteiger partial charge in [-0.05, 0) is 36.0 Å². The minimum atomic E-state index is -0.766. The van der Waals surface area contributed by atoms with Crippen LogP contribution < -0.4 is 0 Å². The Morgan fingerprint density at radius 1 is 1.30 bits per heavy atom. The molecule has 0 unspecified atom stereocenters. The summed E-state index contributed by atoms with van der Waals surface area (Å²) in [5, 5.41) is 11.7. The van der Waals surface area contributed by atoms with E-state index >= 15 is 0 Å². The fourth-order valence-electron chi connectivity index (χ4n) is 2.69. The number of carbonyl (C=O) groups is 1. The monoisotopic (exact) mass is 287 g/mol. The summed E-state index contributed by atoms with van der Waals surface area (Å²) in [6.45, 7) is 0. The summed E-state index contributed by atoms with van der Waals surface area (Å²) in [6.07, 6.45) is 5.22. The molecule has 20 heavy (non-hydrogen) atoms. The standard InChI is InChI=1S/C16H17NO2S/c18-16(19)7-6-14-10-20-15(17-14)9-11-4-5-12-2-1-3-13(12)8-11/h4-5,8,10H,1-3,6-7,9H2,(H,18,19). The molecule has 0 saturated heterocycles. The molecule has 0 atom stereocenters. The molecule has 1 aromatic carbocycles. The average molecular weight is 287 g/mol. The second-order valence-electron chi connectivity index (χ2n) is 5.26. The van der Waals surface area contributed by atoms with Crippen molar-refractivity contribution >= 4 is 17.3 Å². The quantitative estimate of drug-likeness (QED) is 0.918. The molecule has 0 spiro atoms. The van der Waals surface area contributed by atoms with Crippen LogP contribution in [0.2, 0.25) is 0 Å². The molecule has 0 bridgehead atoms. The molecule has 1 aliphatic rings. The van der Waals surface area contributed by atoms with E-state index < -0.39 is 5.97 Å². The maximum absolute atomic E-state index is 10.6. The lowest BCUT2D eigenvalue weighted by atomic mass is 10.0. The van der Waals surface area contributed by atoms with E-state index in [4.69, 9.17) is 5.11 Å². The van der Waals surface area contributed by atoms with Crippen molar-refractivity contribution in [3.8, 4) is 0 Å². The van der Waals surface area contributed by atoms with Gasteiger partial charge in [-0.15, -0.1) is 11.3 Å². The Hall–Kier alpha value is -1.68. The van der Waals surface area contributed by atoms with Gasteiger partial charge in [0.15, 0.2) is 0 Å². The van der Waals surface area contributed by atoms with Crippen LogP contribution >= 0.6 is 11.3 Å². The first-order valence-electron chi connectivity index (χ1n) is 6.96. The molecule has 1 aromatic heterocycles. The Balaban J connectivity index is 1.67. The summed E-state index contributed by atoms with van der Waals surface area (Å²) >= 11 is 1.63. The van der Waals surface area contributed by atoms with Gasteiger partial charge in [0, 0.05) is 18.2 Å². The first kappa shape index (κ1) is 13.3. The lowest BCUT2D eigenvalue weighted by Crippen LogP contribution is -1.98. The second-order valence-corrected chi connectivity index (χ2v) is 6.20. The van der Waals surface area contributed by atoms with Crippen LogP contribution in [-0.2, 0) is 30.5 Å². The highest BCUT2D eigenvalue weighted by molar-refractivity contribution is 7.09. The number of hydrogen-bond acceptors (Lipinski definition) is 3. The molecule has 0 radical (unpaired) electrons. The zero-order valence-electron chi connectivity index (χ0n) is 11.3. The van der Waals surface area contributed by atoms with Crippen molar-refractivity contribution in [2.24, 2.45) is 0 Å². The van der Waals surface area contributed by atoms with Gasteiger partial charge in [-0.2, -0.15) is 0 Å². The summed E-state index contributed by atoms with van der Waals surface area (Å²) in [7, 11) is 0. The van der Waals surface area contributed by atoms with E-state index in [2.05, 4.69) is 23.2 Å². The molecular formula is C16H17NO2S. The number of carboxylic acid groups (broad SMARTS) is 1. The number of hydrogen-bond donors (Lipinski definition) is 1. The van der Waals surface area contributed by atoms with E-state index in [0.717, 1.165) is 17.1 Å². The minimum Gasteiger partial charge on any atom is -0.481 e. The molecule has 0 fully saturated rings. The number of nitrogens with zero attached hydrogens (tertiary/aromatic N) is 1. The van der Waals surface area contributed by atoms with Gasteiger partial charge in [0.25, 0.3) is 0 Å². The molecule has 0 amide bonds. The molecule has 1 aliphatic carbocycles. The van der Waals surface area contributed by atoms with Crippen molar-refractivity contribution in [2.45, 2.75) is 38.5 Å². The maximum Gasteiger partial charge on any atom is 0.303 e. The Morgan fingerprint density at radius 3 is 3.00 bits per heavy atom. The minimum absolute atomic E-state index is 0.155. The van der Waals surface area contributed by atoms with Crippen molar-refractivity contribution < 1.29 is 9.90 Å². The van der Waals surface area contributed by atoms with Crippen LogP contribution in [0.25, 0.3) is 0 Å². The molecule has 2 aromatic rings. The Bertz CT molecular complexity index is 633. The third-order valence-electron chi connectivity index (χ3n) is 3.71. The largest absolute Gasteiger partial charge is 0.481 e. The zero-order chi connectivity index (χ0) is 13.9. The lowest BCUT2D eigenvalue weighted by molar-refractivity contribution is -0.136. The molecule has 3 rings (SSSR count). The van der Waals surface area contributed by atoms with E-state index in [1.165, 1.54) is 36.0 Å². The van der Waals surface area contributed by atoms with Crippen LogP contribution in [0.5, 0.6) is 0 Å². The van der Waals surface area contributed by atoms with Gasteiger partial charge in [-0.3, -0.25) is 4.79 Å². The van der Waals surface area contributed by atoms with Gasteiger partial charge in [-0.1, -0.05) is 18.2 Å². The van der Waals surface area contributed by atoms with Crippen LogP contribution in [0, 0.1) is 0 Å². The van der Waals surface area contributed by atoms with Crippen molar-refractivity contribution in [1.82, 2.24) is 4.98 Å². The molecule has 0 saturated carbocycles. The van der Waals surface area contributed by atoms with E-state index in [1.807, 2.05) is 5.38 Å². The number of rotatable bonds is 5. The number of aryl methyl sites for hydroxylation is 3. The predicted molar refractivity (Wildman–Crippen MR) is 79.3 cm³/mol.